The van der Waals surface area contributed by atoms with Crippen molar-refractivity contribution in [1.29, 1.82) is 0 Å². The smallest absolute Gasteiger partial charge is 0.338 e. The normalized spacial score (nSPS) is 39.7. The highest BCUT2D eigenvalue weighted by molar-refractivity contribution is 5.81. The first-order valence-corrected chi connectivity index (χ1v) is 12.6. The third kappa shape index (κ3) is 2.94. The van der Waals surface area contributed by atoms with E-state index in [0.717, 1.165) is 42.6 Å². The number of benzene rings is 1. The maximum Gasteiger partial charge on any atom is 0.338 e. The van der Waals surface area contributed by atoms with Gasteiger partial charge in [-0.2, -0.15) is 5.10 Å². The molecule has 3 saturated carbocycles. The Balaban J connectivity index is 1.37. The first kappa shape index (κ1) is 22.9. The molecule has 1 aromatic heterocycles. The molecule has 0 radical (unpaired) electrons. The number of rotatable bonds is 2. The zero-order valence-electron chi connectivity index (χ0n) is 20.5. The van der Waals surface area contributed by atoms with Gasteiger partial charge < -0.3 is 14.9 Å². The van der Waals surface area contributed by atoms with Crippen molar-refractivity contribution in [3.8, 4) is 5.69 Å². The van der Waals surface area contributed by atoms with Crippen LogP contribution in [0, 0.1) is 34.4 Å². The van der Waals surface area contributed by atoms with Crippen LogP contribution in [-0.2, 0) is 16.0 Å². The minimum atomic E-state index is -1.55. The second-order valence-electron chi connectivity index (χ2n) is 11.6. The predicted molar refractivity (Wildman–Crippen MR) is 128 cm³/mol. The van der Waals surface area contributed by atoms with Crippen molar-refractivity contribution in [1.82, 2.24) is 9.78 Å². The Hall–Kier alpha value is -2.51. The summed E-state index contributed by atoms with van der Waals surface area (Å²) in [6, 6.07) is 6.36. The second-order valence-corrected chi connectivity index (χ2v) is 11.6. The minimum absolute atomic E-state index is 0.0443. The summed E-state index contributed by atoms with van der Waals surface area (Å²) in [4.78, 5) is 12.6. The van der Waals surface area contributed by atoms with Gasteiger partial charge in [0.05, 0.1) is 30.8 Å². The standard InChI is InChI=1S/C28H33FN2O4/c1-26-13-16-15-30-31(19-7-5-18(29)6-8-19)22(16)12-17(26)4-9-20-21-10-11-28(34,25(33)35-3)27(21,2)14-23(32)24(20)26/h5-8,12,15,20-21,23-24,32,34H,4,9-11,13-14H2,1-3H3/t20?,21-,23-,24+,26-,27-,28-/m0/s1. The minimum Gasteiger partial charge on any atom is -0.467 e. The molecule has 3 fully saturated rings. The number of methoxy groups -OCH3 is 1. The molecule has 4 aliphatic rings. The summed E-state index contributed by atoms with van der Waals surface area (Å²) in [6.45, 7) is 4.24. The summed E-state index contributed by atoms with van der Waals surface area (Å²) >= 11 is 0. The lowest BCUT2D eigenvalue weighted by molar-refractivity contribution is -0.196. The van der Waals surface area contributed by atoms with Gasteiger partial charge in [-0.15, -0.1) is 0 Å². The van der Waals surface area contributed by atoms with Crippen molar-refractivity contribution >= 4 is 12.0 Å². The van der Waals surface area contributed by atoms with E-state index in [-0.39, 0.29) is 29.0 Å². The van der Waals surface area contributed by atoms with Crippen molar-refractivity contribution in [3.05, 3.63) is 53.1 Å². The van der Waals surface area contributed by atoms with Crippen molar-refractivity contribution in [2.24, 2.45) is 28.6 Å². The van der Waals surface area contributed by atoms with E-state index in [2.05, 4.69) is 18.1 Å². The van der Waals surface area contributed by atoms with Crippen molar-refractivity contribution < 1.29 is 24.1 Å². The largest absolute Gasteiger partial charge is 0.467 e. The van der Waals surface area contributed by atoms with Crippen LogP contribution in [-0.4, -0.2) is 44.8 Å². The lowest BCUT2D eigenvalue weighted by Gasteiger charge is -2.60. The molecule has 186 valence electrons. The Morgan fingerprint density at radius 1 is 1.23 bits per heavy atom. The van der Waals surface area contributed by atoms with Gasteiger partial charge >= 0.3 is 5.97 Å². The van der Waals surface area contributed by atoms with E-state index in [9.17, 15) is 19.4 Å². The van der Waals surface area contributed by atoms with E-state index in [4.69, 9.17) is 4.74 Å². The zero-order chi connectivity index (χ0) is 24.8. The van der Waals surface area contributed by atoms with Gasteiger partial charge in [0.1, 0.15) is 5.82 Å². The molecule has 2 aromatic rings. The molecule has 0 saturated heterocycles. The fourth-order valence-electron chi connectivity index (χ4n) is 8.48. The van der Waals surface area contributed by atoms with Gasteiger partial charge in [-0.05, 0) is 97.6 Å². The quantitative estimate of drug-likeness (QED) is 0.633. The number of aromatic nitrogens is 2. The van der Waals surface area contributed by atoms with Crippen LogP contribution in [0.5, 0.6) is 0 Å². The SMILES string of the molecule is COC(=O)[C@@]1(O)CC[C@H]2C3CCC4=Cc5c(cnn5-c5ccc(F)cc5)C[C@]4(C)[C@H]3[C@@H](O)C[C@@]21C. The Labute approximate surface area is 204 Å². The van der Waals surface area contributed by atoms with Crippen molar-refractivity contribution in [2.45, 2.75) is 64.1 Å². The number of aliphatic hydroxyl groups excluding tert-OH is 1. The van der Waals surface area contributed by atoms with E-state index >= 15 is 0 Å². The molecule has 1 aromatic carbocycles. The van der Waals surface area contributed by atoms with Gasteiger partial charge in [-0.25, -0.2) is 13.9 Å². The first-order valence-electron chi connectivity index (χ1n) is 12.6. The monoisotopic (exact) mass is 480 g/mol. The summed E-state index contributed by atoms with van der Waals surface area (Å²) in [7, 11) is 1.32. The molecule has 6 nitrogen and oxygen atoms in total. The van der Waals surface area contributed by atoms with Crippen LogP contribution in [0.4, 0.5) is 4.39 Å². The number of aliphatic hydroxyl groups is 2. The fourth-order valence-corrected chi connectivity index (χ4v) is 8.48. The van der Waals surface area contributed by atoms with Gasteiger partial charge in [0, 0.05) is 5.41 Å². The number of esters is 1. The Kier molecular flexibility index (Phi) is 4.91. The van der Waals surface area contributed by atoms with E-state index in [1.165, 1.54) is 24.8 Å². The highest BCUT2D eigenvalue weighted by Crippen LogP contribution is 2.67. The summed E-state index contributed by atoms with van der Waals surface area (Å²) < 4.78 is 20.3. The summed E-state index contributed by atoms with van der Waals surface area (Å²) in [5.41, 5.74) is 1.82. The number of fused-ring (bicyclic) bond motifs is 6. The molecule has 0 bridgehead atoms. The molecule has 0 aliphatic heterocycles. The van der Waals surface area contributed by atoms with Crippen molar-refractivity contribution in [3.63, 3.8) is 0 Å². The number of carbonyl (C=O) groups is 1. The molecular formula is C28H33FN2O4. The number of nitrogens with zero attached hydrogens (tertiary/aromatic N) is 2. The third-order valence-corrected chi connectivity index (χ3v) is 10.2. The number of hydrogen-bond acceptors (Lipinski definition) is 5. The predicted octanol–water partition coefficient (Wildman–Crippen LogP) is 4.07. The molecule has 7 heteroatoms. The van der Waals surface area contributed by atoms with Gasteiger partial charge in [0.25, 0.3) is 0 Å². The van der Waals surface area contributed by atoms with E-state index in [0.29, 0.717) is 12.8 Å². The van der Waals surface area contributed by atoms with Crippen LogP contribution in [0.15, 0.2) is 36.0 Å². The highest BCUT2D eigenvalue weighted by Gasteiger charge is 2.69. The molecule has 0 amide bonds. The zero-order valence-corrected chi connectivity index (χ0v) is 20.5. The van der Waals surface area contributed by atoms with Crippen LogP contribution in [0.25, 0.3) is 11.8 Å². The average molecular weight is 481 g/mol. The molecule has 1 heterocycles. The van der Waals surface area contributed by atoms with Crippen LogP contribution >= 0.6 is 0 Å². The van der Waals surface area contributed by atoms with Gasteiger partial charge in [-0.1, -0.05) is 19.4 Å². The highest BCUT2D eigenvalue weighted by atomic mass is 19.1. The van der Waals surface area contributed by atoms with Gasteiger partial charge in [0.2, 0.25) is 0 Å². The first-order chi connectivity index (χ1) is 16.6. The molecule has 2 N–H and O–H groups in total. The van der Waals surface area contributed by atoms with Crippen LogP contribution in [0.3, 0.4) is 0 Å². The maximum atomic E-state index is 13.5. The molecule has 1 unspecified atom stereocenters. The molecular weight excluding hydrogens is 447 g/mol. The Bertz CT molecular complexity index is 1220. The van der Waals surface area contributed by atoms with Crippen LogP contribution in [0.1, 0.15) is 57.2 Å². The van der Waals surface area contributed by atoms with E-state index in [1.54, 1.807) is 12.1 Å². The number of halogens is 1. The maximum absolute atomic E-state index is 13.5. The second kappa shape index (κ2) is 7.50. The molecule has 6 rings (SSSR count). The molecule has 4 aliphatic carbocycles. The Morgan fingerprint density at radius 2 is 1.97 bits per heavy atom. The summed E-state index contributed by atoms with van der Waals surface area (Å²) in [6.07, 6.45) is 7.62. The third-order valence-electron chi connectivity index (χ3n) is 10.2. The van der Waals surface area contributed by atoms with Gasteiger partial charge in [-0.3, -0.25) is 0 Å². The van der Waals surface area contributed by atoms with E-state index in [1.807, 2.05) is 17.8 Å². The van der Waals surface area contributed by atoms with Crippen molar-refractivity contribution in [2.75, 3.05) is 7.11 Å². The molecule has 7 atom stereocenters. The number of allylic oxidation sites excluding steroid dienone is 1. The average Bonchev–Trinajstić information content (AvgIpc) is 3.35. The summed E-state index contributed by atoms with van der Waals surface area (Å²) in [5.74, 6) is -0.433. The fraction of sp³-hybridized carbons (Fsp3) is 0.571. The topological polar surface area (TPSA) is 84.6 Å². The molecule has 0 spiro atoms. The van der Waals surface area contributed by atoms with Crippen LogP contribution in [0.2, 0.25) is 0 Å². The lowest BCUT2D eigenvalue weighted by Crippen LogP contribution is -2.62. The number of ether oxygens (including phenoxy) is 1. The Morgan fingerprint density at radius 3 is 2.69 bits per heavy atom. The van der Waals surface area contributed by atoms with Gasteiger partial charge in [0.15, 0.2) is 5.60 Å². The molecule has 35 heavy (non-hydrogen) atoms. The summed E-state index contributed by atoms with van der Waals surface area (Å²) in [5, 5.41) is 27.7. The number of hydrogen-bond donors (Lipinski definition) is 2. The number of carbonyl (C=O) groups excluding carboxylic acids is 1. The van der Waals surface area contributed by atoms with E-state index < -0.39 is 23.1 Å². The van der Waals surface area contributed by atoms with Crippen LogP contribution < -0.4 is 0 Å². The lowest BCUT2D eigenvalue weighted by atomic mass is 9.45.